The monoisotopic (exact) mass is 476 g/mol. The molecule has 4 fully saturated rings. The Morgan fingerprint density at radius 2 is 1.91 bits per heavy atom. The molecule has 7 heteroatoms. The SMILES string of the molecule is C[C@@]1(O)CC[C@H]2C[C@@H](CC[C@@H]3[C@@H]2CC[C@]2(C)[C@@H](C(=O)Cn4cc(S(C)(=O)=O)cn4)CC[C@@H]32)C1. The number of rotatable bonds is 4. The smallest absolute Gasteiger partial charge is 0.178 e. The summed E-state index contributed by atoms with van der Waals surface area (Å²) in [5, 5.41) is 14.9. The average molecular weight is 477 g/mol. The van der Waals surface area contributed by atoms with Gasteiger partial charge in [0.15, 0.2) is 15.6 Å². The number of hydrogen-bond acceptors (Lipinski definition) is 5. The second-order valence-corrected chi connectivity index (χ2v) is 14.4. The van der Waals surface area contributed by atoms with Crippen molar-refractivity contribution in [3.63, 3.8) is 0 Å². The van der Waals surface area contributed by atoms with Gasteiger partial charge in [-0.2, -0.15) is 5.10 Å². The Morgan fingerprint density at radius 3 is 2.64 bits per heavy atom. The van der Waals surface area contributed by atoms with E-state index in [0.29, 0.717) is 17.8 Å². The van der Waals surface area contributed by atoms with Crippen LogP contribution in [0.4, 0.5) is 0 Å². The number of hydrogen-bond donors (Lipinski definition) is 1. The lowest BCUT2D eigenvalue weighted by Crippen LogP contribution is -2.45. The van der Waals surface area contributed by atoms with Crippen LogP contribution in [0.3, 0.4) is 0 Å². The van der Waals surface area contributed by atoms with E-state index in [-0.39, 0.29) is 28.6 Å². The van der Waals surface area contributed by atoms with Crippen molar-refractivity contribution in [1.82, 2.24) is 9.78 Å². The summed E-state index contributed by atoms with van der Waals surface area (Å²) < 4.78 is 25.1. The number of sulfone groups is 1. The molecule has 0 unspecified atom stereocenters. The van der Waals surface area contributed by atoms with Crippen molar-refractivity contribution in [2.24, 2.45) is 40.9 Å². The van der Waals surface area contributed by atoms with Gasteiger partial charge in [0.1, 0.15) is 4.90 Å². The van der Waals surface area contributed by atoms with Crippen molar-refractivity contribution in [3.8, 4) is 0 Å². The molecule has 0 amide bonds. The number of ketones is 1. The fourth-order valence-electron chi connectivity index (χ4n) is 8.63. The molecule has 0 spiro atoms. The molecular weight excluding hydrogens is 436 g/mol. The molecule has 33 heavy (non-hydrogen) atoms. The van der Waals surface area contributed by atoms with Crippen LogP contribution < -0.4 is 0 Å². The fraction of sp³-hybridized carbons (Fsp3) is 0.846. The molecule has 184 valence electrons. The molecule has 5 rings (SSSR count). The minimum absolute atomic E-state index is 0.0421. The third-order valence-corrected chi connectivity index (χ3v) is 11.2. The average Bonchev–Trinajstić information content (AvgIpc) is 3.24. The predicted molar refractivity (Wildman–Crippen MR) is 126 cm³/mol. The molecule has 0 saturated heterocycles. The highest BCUT2D eigenvalue weighted by molar-refractivity contribution is 7.90. The van der Waals surface area contributed by atoms with Crippen LogP contribution in [0.1, 0.15) is 78.1 Å². The van der Waals surface area contributed by atoms with Crippen LogP contribution in [0.5, 0.6) is 0 Å². The maximum Gasteiger partial charge on any atom is 0.178 e. The summed E-state index contributed by atoms with van der Waals surface area (Å²) in [6.45, 7) is 4.56. The quantitative estimate of drug-likeness (QED) is 0.701. The summed E-state index contributed by atoms with van der Waals surface area (Å²) in [5.74, 6) is 3.69. The van der Waals surface area contributed by atoms with Crippen molar-refractivity contribution in [1.29, 1.82) is 0 Å². The highest BCUT2D eigenvalue weighted by Crippen LogP contribution is 2.63. The minimum Gasteiger partial charge on any atom is -0.390 e. The Morgan fingerprint density at radius 1 is 1.12 bits per heavy atom. The van der Waals surface area contributed by atoms with Crippen LogP contribution in [0.15, 0.2) is 17.3 Å². The Labute approximate surface area is 198 Å². The molecule has 8 atom stereocenters. The van der Waals surface area contributed by atoms with E-state index < -0.39 is 15.4 Å². The van der Waals surface area contributed by atoms with Crippen LogP contribution in [-0.2, 0) is 21.2 Å². The van der Waals surface area contributed by atoms with Gasteiger partial charge in [-0.05, 0) is 99.7 Å². The van der Waals surface area contributed by atoms with Crippen LogP contribution >= 0.6 is 0 Å². The molecular formula is C26H40N2O4S. The Hall–Kier alpha value is -1.21. The number of aliphatic hydroxyl groups is 1. The van der Waals surface area contributed by atoms with Crippen LogP contribution in [0.2, 0.25) is 0 Å². The van der Waals surface area contributed by atoms with Crippen molar-refractivity contribution in [3.05, 3.63) is 12.4 Å². The van der Waals surface area contributed by atoms with Gasteiger partial charge in [-0.25, -0.2) is 8.42 Å². The van der Waals surface area contributed by atoms with Gasteiger partial charge in [0.2, 0.25) is 0 Å². The normalized spacial score (nSPS) is 43.3. The van der Waals surface area contributed by atoms with E-state index in [9.17, 15) is 18.3 Å². The molecule has 2 bridgehead atoms. The number of carbonyl (C=O) groups is 1. The standard InChI is InChI=1S/C26H40N2O4S/c1-25(30)10-8-18-12-17(13-25)4-5-21-20(18)9-11-26(2)22(21)6-7-23(26)24(29)16-28-15-19(14-27-28)33(3,31)32/h14-15,17-18,20-23,30H,4-13,16H2,1-3H3/t17-,18+,20-,21-,22+,23-,25-,26+/m1/s1. The van der Waals surface area contributed by atoms with E-state index in [0.717, 1.165) is 50.4 Å². The van der Waals surface area contributed by atoms with Crippen LogP contribution in [-0.4, -0.2) is 40.9 Å². The number of aromatic nitrogens is 2. The van der Waals surface area contributed by atoms with E-state index >= 15 is 0 Å². The van der Waals surface area contributed by atoms with E-state index in [1.54, 1.807) is 0 Å². The minimum atomic E-state index is -3.31. The largest absolute Gasteiger partial charge is 0.390 e. The van der Waals surface area contributed by atoms with Crippen molar-refractivity contribution < 1.29 is 18.3 Å². The van der Waals surface area contributed by atoms with E-state index in [4.69, 9.17) is 0 Å². The topological polar surface area (TPSA) is 89.3 Å². The summed E-state index contributed by atoms with van der Waals surface area (Å²) in [6.07, 6.45) is 15.2. The lowest BCUT2D eigenvalue weighted by atomic mass is 9.55. The maximum absolute atomic E-state index is 13.4. The lowest BCUT2D eigenvalue weighted by Gasteiger charge is -2.50. The van der Waals surface area contributed by atoms with Gasteiger partial charge in [0.25, 0.3) is 0 Å². The first-order chi connectivity index (χ1) is 15.5. The van der Waals surface area contributed by atoms with Gasteiger partial charge in [-0.1, -0.05) is 13.3 Å². The Balaban J connectivity index is 1.32. The highest BCUT2D eigenvalue weighted by Gasteiger charge is 2.57. The predicted octanol–water partition coefficient (Wildman–Crippen LogP) is 4.27. The van der Waals surface area contributed by atoms with E-state index in [1.807, 2.05) is 6.92 Å². The number of fused-ring (bicyclic) bond motifs is 6. The van der Waals surface area contributed by atoms with Crippen LogP contribution in [0, 0.1) is 40.9 Å². The summed E-state index contributed by atoms with van der Waals surface area (Å²) in [7, 11) is -3.31. The third-order valence-electron chi connectivity index (χ3n) is 10.2. The summed E-state index contributed by atoms with van der Waals surface area (Å²) in [4.78, 5) is 13.6. The molecule has 0 aromatic carbocycles. The lowest BCUT2D eigenvalue weighted by molar-refractivity contribution is -0.129. The molecule has 1 aromatic rings. The molecule has 1 N–H and O–H groups in total. The molecule has 6 nitrogen and oxygen atoms in total. The van der Waals surface area contributed by atoms with Gasteiger partial charge in [-0.15, -0.1) is 0 Å². The van der Waals surface area contributed by atoms with Crippen molar-refractivity contribution >= 4 is 15.6 Å². The zero-order chi connectivity index (χ0) is 23.6. The van der Waals surface area contributed by atoms with E-state index in [1.165, 1.54) is 49.0 Å². The molecule has 0 aliphatic heterocycles. The van der Waals surface area contributed by atoms with Gasteiger partial charge in [0, 0.05) is 18.4 Å². The maximum atomic E-state index is 13.4. The number of Topliss-reactive ketones (excluding diaryl/α,β-unsaturated/α-hetero) is 1. The van der Waals surface area contributed by atoms with Gasteiger partial charge < -0.3 is 5.11 Å². The molecule has 1 heterocycles. The fourth-order valence-corrected chi connectivity index (χ4v) is 9.18. The van der Waals surface area contributed by atoms with Gasteiger partial charge in [-0.3, -0.25) is 9.48 Å². The molecule has 0 radical (unpaired) electrons. The second kappa shape index (κ2) is 8.18. The van der Waals surface area contributed by atoms with Crippen molar-refractivity contribution in [2.45, 2.75) is 95.1 Å². The summed E-state index contributed by atoms with van der Waals surface area (Å²) >= 11 is 0. The Kier molecular flexibility index (Phi) is 5.83. The van der Waals surface area contributed by atoms with E-state index in [2.05, 4.69) is 12.0 Å². The molecule has 4 aliphatic carbocycles. The highest BCUT2D eigenvalue weighted by atomic mass is 32.2. The summed E-state index contributed by atoms with van der Waals surface area (Å²) in [6, 6.07) is 0. The zero-order valence-corrected chi connectivity index (χ0v) is 21.2. The molecule has 4 saturated carbocycles. The van der Waals surface area contributed by atoms with Gasteiger partial charge >= 0.3 is 0 Å². The Bertz CT molecular complexity index is 1020. The van der Waals surface area contributed by atoms with Gasteiger partial charge in [0.05, 0.1) is 18.3 Å². The number of nitrogens with zero attached hydrogens (tertiary/aromatic N) is 2. The van der Waals surface area contributed by atoms with Crippen molar-refractivity contribution in [2.75, 3.05) is 6.26 Å². The summed E-state index contributed by atoms with van der Waals surface area (Å²) in [5.41, 5.74) is -0.450. The first-order valence-corrected chi connectivity index (χ1v) is 14.8. The third kappa shape index (κ3) is 4.33. The van der Waals surface area contributed by atoms with Crippen LogP contribution in [0.25, 0.3) is 0 Å². The number of carbonyl (C=O) groups excluding carboxylic acids is 1. The zero-order valence-electron chi connectivity index (χ0n) is 20.4. The second-order valence-electron chi connectivity index (χ2n) is 12.4. The first kappa shape index (κ1) is 23.5. The molecule has 1 aromatic heterocycles. The first-order valence-electron chi connectivity index (χ1n) is 12.9. The molecule has 4 aliphatic rings.